The van der Waals surface area contributed by atoms with Crippen LogP contribution in [0.15, 0.2) is 36.5 Å². The third-order valence-electron chi connectivity index (χ3n) is 2.75. The number of carbonyl (C=O) groups is 1. The maximum Gasteiger partial charge on any atom is 0.337 e. The highest BCUT2D eigenvalue weighted by molar-refractivity contribution is 5.94. The molecule has 0 fully saturated rings. The number of nitrogen functional groups attached to an aromatic ring is 1. The minimum absolute atomic E-state index is 0.104. The Kier molecular flexibility index (Phi) is 3.66. The largest absolute Gasteiger partial charge is 0.478 e. The molecular weight excluding hydrogens is 242 g/mol. The fourth-order valence-electron chi connectivity index (χ4n) is 1.66. The van der Waals surface area contributed by atoms with Gasteiger partial charge in [0.2, 0.25) is 0 Å². The third-order valence-corrected chi connectivity index (χ3v) is 2.75. The van der Waals surface area contributed by atoms with E-state index in [4.69, 9.17) is 10.8 Å². The molecule has 2 rings (SSSR count). The molecule has 0 unspecified atom stereocenters. The number of anilines is 2. The van der Waals surface area contributed by atoms with Gasteiger partial charge in [0, 0.05) is 29.8 Å². The zero-order valence-electron chi connectivity index (χ0n) is 10.6. The van der Waals surface area contributed by atoms with Crippen LogP contribution in [0, 0.1) is 6.92 Å². The van der Waals surface area contributed by atoms with Gasteiger partial charge in [-0.05, 0) is 36.8 Å². The highest BCUT2D eigenvalue weighted by Crippen LogP contribution is 2.18. The number of aromatic nitrogens is 1. The van der Waals surface area contributed by atoms with E-state index >= 15 is 0 Å². The monoisotopic (exact) mass is 257 g/mol. The molecule has 0 bridgehead atoms. The van der Waals surface area contributed by atoms with Crippen molar-refractivity contribution in [2.24, 2.45) is 0 Å². The lowest BCUT2D eigenvalue weighted by atomic mass is 10.1. The topological polar surface area (TPSA) is 88.2 Å². The summed E-state index contributed by atoms with van der Waals surface area (Å²) in [6.45, 7) is 2.51. The Labute approximate surface area is 111 Å². The van der Waals surface area contributed by atoms with Crippen molar-refractivity contribution in [1.29, 1.82) is 0 Å². The quantitative estimate of drug-likeness (QED) is 0.731. The van der Waals surface area contributed by atoms with Gasteiger partial charge >= 0.3 is 5.97 Å². The summed E-state index contributed by atoms with van der Waals surface area (Å²) in [5, 5.41) is 12.1. The zero-order valence-corrected chi connectivity index (χ0v) is 10.6. The summed E-state index contributed by atoms with van der Waals surface area (Å²) in [5.41, 5.74) is 8.66. The molecular formula is C14H15N3O2. The number of nitrogens with zero attached hydrogens (tertiary/aromatic N) is 1. The number of rotatable bonds is 4. The van der Waals surface area contributed by atoms with Gasteiger partial charge in [-0.1, -0.05) is 6.07 Å². The Morgan fingerprint density at radius 1 is 1.37 bits per heavy atom. The van der Waals surface area contributed by atoms with Gasteiger partial charge in [0.05, 0.1) is 5.56 Å². The molecule has 1 heterocycles. The highest BCUT2D eigenvalue weighted by Gasteiger charge is 2.08. The van der Waals surface area contributed by atoms with Crippen LogP contribution in [0.1, 0.15) is 21.6 Å². The number of aryl methyl sites for hydroxylation is 1. The van der Waals surface area contributed by atoms with Gasteiger partial charge in [-0.15, -0.1) is 0 Å². The van der Waals surface area contributed by atoms with Crippen LogP contribution in [0.4, 0.5) is 11.4 Å². The van der Waals surface area contributed by atoms with Crippen molar-refractivity contribution in [2.75, 3.05) is 11.1 Å². The standard InChI is InChI=1S/C14H15N3O2/c1-9-2-3-10(7-16-9)8-17-11-4-5-13(15)12(6-11)14(18)19/h2-7,17H,8,15H2,1H3,(H,18,19). The Bertz CT molecular complexity index is 594. The summed E-state index contributed by atoms with van der Waals surface area (Å²) < 4.78 is 0. The zero-order chi connectivity index (χ0) is 13.8. The molecule has 0 amide bonds. The number of benzene rings is 1. The van der Waals surface area contributed by atoms with E-state index in [1.807, 2.05) is 19.1 Å². The average Bonchev–Trinajstić information content (AvgIpc) is 2.39. The first kappa shape index (κ1) is 12.9. The normalized spacial score (nSPS) is 10.2. The lowest BCUT2D eigenvalue weighted by Crippen LogP contribution is -2.05. The Morgan fingerprint density at radius 3 is 2.79 bits per heavy atom. The van der Waals surface area contributed by atoms with Crippen LogP contribution in [-0.4, -0.2) is 16.1 Å². The molecule has 0 saturated heterocycles. The molecule has 5 nitrogen and oxygen atoms in total. The van der Waals surface area contributed by atoms with Crippen molar-refractivity contribution in [3.05, 3.63) is 53.3 Å². The molecule has 4 N–H and O–H groups in total. The Morgan fingerprint density at radius 2 is 2.16 bits per heavy atom. The number of hydrogen-bond donors (Lipinski definition) is 3. The Balaban J connectivity index is 2.09. The van der Waals surface area contributed by atoms with Crippen LogP contribution in [0.2, 0.25) is 0 Å². The van der Waals surface area contributed by atoms with Crippen molar-refractivity contribution in [1.82, 2.24) is 4.98 Å². The third kappa shape index (κ3) is 3.22. The minimum atomic E-state index is -1.03. The predicted octanol–water partition coefficient (Wildman–Crippen LogP) is 2.28. The van der Waals surface area contributed by atoms with Crippen LogP contribution in [0.3, 0.4) is 0 Å². The second kappa shape index (κ2) is 5.39. The van der Waals surface area contributed by atoms with Gasteiger partial charge in [-0.2, -0.15) is 0 Å². The first-order chi connectivity index (χ1) is 9.06. The average molecular weight is 257 g/mol. The highest BCUT2D eigenvalue weighted by atomic mass is 16.4. The summed E-state index contributed by atoms with van der Waals surface area (Å²) in [4.78, 5) is 15.2. The summed E-state index contributed by atoms with van der Waals surface area (Å²) in [5.74, 6) is -1.03. The van der Waals surface area contributed by atoms with Crippen LogP contribution >= 0.6 is 0 Å². The summed E-state index contributed by atoms with van der Waals surface area (Å²) in [6.07, 6.45) is 1.79. The van der Waals surface area contributed by atoms with E-state index in [2.05, 4.69) is 10.3 Å². The van der Waals surface area contributed by atoms with Crippen molar-refractivity contribution in [2.45, 2.75) is 13.5 Å². The molecule has 0 radical (unpaired) electrons. The van der Waals surface area contributed by atoms with Gasteiger partial charge in [0.25, 0.3) is 0 Å². The number of pyridine rings is 1. The van der Waals surface area contributed by atoms with Gasteiger partial charge in [-0.3, -0.25) is 4.98 Å². The van der Waals surface area contributed by atoms with Crippen LogP contribution in [-0.2, 0) is 6.54 Å². The van der Waals surface area contributed by atoms with E-state index in [-0.39, 0.29) is 11.3 Å². The van der Waals surface area contributed by atoms with Crippen molar-refractivity contribution < 1.29 is 9.90 Å². The molecule has 0 aliphatic rings. The molecule has 0 spiro atoms. The van der Waals surface area contributed by atoms with Crippen LogP contribution in [0.25, 0.3) is 0 Å². The van der Waals surface area contributed by atoms with E-state index in [1.165, 1.54) is 6.07 Å². The molecule has 1 aromatic heterocycles. The van der Waals surface area contributed by atoms with E-state index in [0.29, 0.717) is 12.2 Å². The lowest BCUT2D eigenvalue weighted by Gasteiger charge is -2.08. The van der Waals surface area contributed by atoms with Crippen molar-refractivity contribution >= 4 is 17.3 Å². The smallest absolute Gasteiger partial charge is 0.337 e. The minimum Gasteiger partial charge on any atom is -0.478 e. The number of carboxylic acid groups (broad SMARTS) is 1. The summed E-state index contributed by atoms with van der Waals surface area (Å²) in [6, 6.07) is 8.77. The first-order valence-electron chi connectivity index (χ1n) is 5.84. The molecule has 1 aromatic carbocycles. The van der Waals surface area contributed by atoms with Crippen molar-refractivity contribution in [3.63, 3.8) is 0 Å². The molecule has 0 atom stereocenters. The molecule has 0 saturated carbocycles. The molecule has 2 aromatic rings. The fourth-order valence-corrected chi connectivity index (χ4v) is 1.66. The first-order valence-corrected chi connectivity index (χ1v) is 5.84. The summed E-state index contributed by atoms with van der Waals surface area (Å²) in [7, 11) is 0. The van der Waals surface area contributed by atoms with Crippen molar-refractivity contribution in [3.8, 4) is 0 Å². The second-order valence-corrected chi connectivity index (χ2v) is 4.27. The Hall–Kier alpha value is -2.56. The predicted molar refractivity (Wildman–Crippen MR) is 74.1 cm³/mol. The SMILES string of the molecule is Cc1ccc(CNc2ccc(N)c(C(=O)O)c2)cn1. The number of nitrogens with one attached hydrogen (secondary N) is 1. The van der Waals surface area contributed by atoms with Gasteiger partial charge in [0.15, 0.2) is 0 Å². The molecule has 0 aliphatic heterocycles. The molecule has 5 heteroatoms. The number of aromatic carboxylic acids is 1. The maximum atomic E-state index is 11.0. The van der Waals surface area contributed by atoms with Gasteiger partial charge in [-0.25, -0.2) is 4.79 Å². The van der Waals surface area contributed by atoms with Crippen LogP contribution < -0.4 is 11.1 Å². The summed E-state index contributed by atoms with van der Waals surface area (Å²) >= 11 is 0. The molecule has 19 heavy (non-hydrogen) atoms. The maximum absolute atomic E-state index is 11.0. The van der Waals surface area contributed by atoms with E-state index in [0.717, 1.165) is 11.3 Å². The van der Waals surface area contributed by atoms with E-state index < -0.39 is 5.97 Å². The molecule has 0 aliphatic carbocycles. The fraction of sp³-hybridized carbons (Fsp3) is 0.143. The molecule has 98 valence electrons. The number of carboxylic acids is 1. The van der Waals surface area contributed by atoms with Crippen LogP contribution in [0.5, 0.6) is 0 Å². The van der Waals surface area contributed by atoms with E-state index in [1.54, 1.807) is 18.3 Å². The van der Waals surface area contributed by atoms with Gasteiger partial charge in [0.1, 0.15) is 0 Å². The van der Waals surface area contributed by atoms with Gasteiger partial charge < -0.3 is 16.2 Å². The number of hydrogen-bond acceptors (Lipinski definition) is 4. The van der Waals surface area contributed by atoms with E-state index in [9.17, 15) is 4.79 Å². The lowest BCUT2D eigenvalue weighted by molar-refractivity contribution is 0.0698. The number of nitrogens with two attached hydrogens (primary N) is 1. The second-order valence-electron chi connectivity index (χ2n) is 4.27.